The van der Waals surface area contributed by atoms with Crippen molar-refractivity contribution in [3.63, 3.8) is 0 Å². The molecule has 2 aromatic rings. The molecule has 29 heavy (non-hydrogen) atoms. The third kappa shape index (κ3) is 3.83. The maximum Gasteiger partial charge on any atom is 0.325 e. The highest BCUT2D eigenvalue weighted by Crippen LogP contribution is 2.30. The van der Waals surface area contributed by atoms with Gasteiger partial charge in [-0.2, -0.15) is 0 Å². The number of hydrogen-bond acceptors (Lipinski definition) is 5. The molecule has 4 rings (SSSR count). The smallest absolute Gasteiger partial charge is 0.325 e. The van der Waals surface area contributed by atoms with Crippen LogP contribution in [0.3, 0.4) is 0 Å². The van der Waals surface area contributed by atoms with Gasteiger partial charge in [0.25, 0.3) is 5.91 Å². The van der Waals surface area contributed by atoms with Crippen molar-refractivity contribution < 1.29 is 18.8 Å². The largest absolute Gasteiger partial charge is 0.440 e. The van der Waals surface area contributed by atoms with Crippen molar-refractivity contribution in [1.29, 1.82) is 0 Å². The Morgan fingerprint density at radius 2 is 1.97 bits per heavy atom. The zero-order chi connectivity index (χ0) is 20.6. The number of nitrogens with zero attached hydrogens (tertiary/aromatic N) is 3. The first-order valence-corrected chi connectivity index (χ1v) is 10.1. The fraction of sp³-hybridized carbons (Fsp3) is 0.524. The van der Waals surface area contributed by atoms with Crippen LogP contribution < -0.4 is 5.32 Å². The lowest BCUT2D eigenvalue weighted by Crippen LogP contribution is -2.40. The van der Waals surface area contributed by atoms with Gasteiger partial charge in [0, 0.05) is 32.0 Å². The molecule has 0 atom stereocenters. The number of nitrogens with one attached hydrogen (secondary N) is 1. The number of likely N-dealkylation sites (tertiary alicyclic amines) is 1. The number of aromatic nitrogens is 1. The number of hydrogen-bond donors (Lipinski definition) is 1. The molecule has 8 heteroatoms. The molecule has 2 aliphatic rings. The molecule has 0 aliphatic carbocycles. The SMILES string of the molecule is CC1(C)NC(=O)N(CCCC(=O)N2CCC(c3nc4ccccc4o3)CC2)C1=O. The van der Waals surface area contributed by atoms with Crippen LogP contribution in [0.2, 0.25) is 0 Å². The molecular weight excluding hydrogens is 372 g/mol. The van der Waals surface area contributed by atoms with Gasteiger partial charge < -0.3 is 14.6 Å². The van der Waals surface area contributed by atoms with Crippen molar-refractivity contribution in [2.24, 2.45) is 0 Å². The number of piperidine rings is 1. The van der Waals surface area contributed by atoms with E-state index in [0.717, 1.165) is 29.8 Å². The van der Waals surface area contributed by atoms with Crippen LogP contribution in [-0.4, -0.2) is 57.8 Å². The Bertz CT molecular complexity index is 910. The Balaban J connectivity index is 1.25. The second kappa shape index (κ2) is 7.50. The zero-order valence-electron chi connectivity index (χ0n) is 16.8. The molecule has 0 radical (unpaired) electrons. The van der Waals surface area contributed by atoms with Gasteiger partial charge in [-0.05, 0) is 45.2 Å². The molecule has 2 aliphatic heterocycles. The summed E-state index contributed by atoms with van der Waals surface area (Å²) in [6, 6.07) is 7.34. The van der Waals surface area contributed by atoms with Gasteiger partial charge in [0.05, 0.1) is 0 Å². The van der Waals surface area contributed by atoms with Crippen molar-refractivity contribution in [1.82, 2.24) is 20.1 Å². The van der Waals surface area contributed by atoms with E-state index in [0.29, 0.717) is 25.9 Å². The molecule has 0 bridgehead atoms. The predicted octanol–water partition coefficient (Wildman–Crippen LogP) is 2.64. The van der Waals surface area contributed by atoms with E-state index >= 15 is 0 Å². The molecule has 154 valence electrons. The molecular formula is C21H26N4O4. The Hall–Kier alpha value is -2.90. The summed E-state index contributed by atoms with van der Waals surface area (Å²) in [4.78, 5) is 44.2. The van der Waals surface area contributed by atoms with E-state index < -0.39 is 5.54 Å². The second-order valence-electron chi connectivity index (χ2n) is 8.29. The third-order valence-corrected chi connectivity index (χ3v) is 5.72. The summed E-state index contributed by atoms with van der Waals surface area (Å²) >= 11 is 0. The van der Waals surface area contributed by atoms with E-state index in [1.807, 2.05) is 29.2 Å². The quantitative estimate of drug-likeness (QED) is 0.781. The Morgan fingerprint density at radius 1 is 1.24 bits per heavy atom. The van der Waals surface area contributed by atoms with Crippen molar-refractivity contribution >= 4 is 28.9 Å². The molecule has 1 aromatic heterocycles. The van der Waals surface area contributed by atoms with Crippen LogP contribution in [0.4, 0.5) is 4.79 Å². The Labute approximate surface area is 169 Å². The zero-order valence-corrected chi connectivity index (χ0v) is 16.8. The number of para-hydroxylation sites is 2. The number of rotatable bonds is 5. The van der Waals surface area contributed by atoms with Crippen molar-refractivity contribution in [3.8, 4) is 0 Å². The molecule has 4 amide bonds. The molecule has 1 N–H and O–H groups in total. The summed E-state index contributed by atoms with van der Waals surface area (Å²) in [6.45, 7) is 4.95. The molecule has 3 heterocycles. The number of imide groups is 1. The number of amides is 4. The van der Waals surface area contributed by atoms with Gasteiger partial charge in [0.2, 0.25) is 5.91 Å². The molecule has 2 saturated heterocycles. The maximum atomic E-state index is 12.5. The normalized spacial score (nSPS) is 19.8. The highest BCUT2D eigenvalue weighted by molar-refractivity contribution is 6.06. The summed E-state index contributed by atoms with van der Waals surface area (Å²) in [6.07, 6.45) is 2.43. The van der Waals surface area contributed by atoms with Gasteiger partial charge >= 0.3 is 6.03 Å². The van der Waals surface area contributed by atoms with Crippen LogP contribution in [0.1, 0.15) is 51.3 Å². The van der Waals surface area contributed by atoms with Crippen LogP contribution in [0.5, 0.6) is 0 Å². The molecule has 0 unspecified atom stereocenters. The van der Waals surface area contributed by atoms with Gasteiger partial charge in [0.15, 0.2) is 11.5 Å². The standard InChI is InChI=1S/C21H26N4O4/c1-21(2)19(27)25(20(28)23-21)11-5-8-17(26)24-12-9-14(10-13-24)18-22-15-6-3-4-7-16(15)29-18/h3-4,6-7,14H,5,8-13H2,1-2H3,(H,23,28). The number of carbonyl (C=O) groups excluding carboxylic acids is 3. The minimum absolute atomic E-state index is 0.0623. The summed E-state index contributed by atoms with van der Waals surface area (Å²) in [5, 5.41) is 2.65. The minimum atomic E-state index is -0.867. The van der Waals surface area contributed by atoms with Gasteiger partial charge in [-0.15, -0.1) is 0 Å². The first-order valence-electron chi connectivity index (χ1n) is 10.1. The monoisotopic (exact) mass is 398 g/mol. The first-order chi connectivity index (χ1) is 13.8. The van der Waals surface area contributed by atoms with Crippen molar-refractivity contribution in [3.05, 3.63) is 30.2 Å². The van der Waals surface area contributed by atoms with E-state index in [4.69, 9.17) is 4.42 Å². The van der Waals surface area contributed by atoms with Gasteiger partial charge in [-0.1, -0.05) is 12.1 Å². The highest BCUT2D eigenvalue weighted by atomic mass is 16.3. The number of fused-ring (bicyclic) bond motifs is 1. The molecule has 0 saturated carbocycles. The fourth-order valence-electron chi connectivity index (χ4n) is 4.01. The Morgan fingerprint density at radius 3 is 2.62 bits per heavy atom. The van der Waals surface area contributed by atoms with Gasteiger partial charge in [-0.3, -0.25) is 14.5 Å². The van der Waals surface area contributed by atoms with E-state index in [-0.39, 0.29) is 30.3 Å². The average molecular weight is 398 g/mol. The van der Waals surface area contributed by atoms with E-state index in [9.17, 15) is 14.4 Å². The summed E-state index contributed by atoms with van der Waals surface area (Å²) in [7, 11) is 0. The Kier molecular flexibility index (Phi) is 5.02. The topological polar surface area (TPSA) is 95.8 Å². The minimum Gasteiger partial charge on any atom is -0.440 e. The maximum absolute atomic E-state index is 12.5. The molecule has 1 aromatic carbocycles. The lowest BCUT2D eigenvalue weighted by molar-refractivity contribution is -0.133. The van der Waals surface area contributed by atoms with Gasteiger partial charge in [-0.25, -0.2) is 9.78 Å². The average Bonchev–Trinajstić information content (AvgIpc) is 3.22. The molecule has 2 fully saturated rings. The predicted molar refractivity (Wildman–Crippen MR) is 106 cm³/mol. The summed E-state index contributed by atoms with van der Waals surface area (Å²) < 4.78 is 5.87. The van der Waals surface area contributed by atoms with Crippen LogP contribution in [-0.2, 0) is 9.59 Å². The van der Waals surface area contributed by atoms with E-state index in [2.05, 4.69) is 10.3 Å². The van der Waals surface area contributed by atoms with Crippen LogP contribution in [0.15, 0.2) is 28.7 Å². The fourth-order valence-corrected chi connectivity index (χ4v) is 4.01. The van der Waals surface area contributed by atoms with Crippen LogP contribution >= 0.6 is 0 Å². The lowest BCUT2D eigenvalue weighted by atomic mass is 9.96. The third-order valence-electron chi connectivity index (χ3n) is 5.72. The van der Waals surface area contributed by atoms with Crippen LogP contribution in [0.25, 0.3) is 11.1 Å². The van der Waals surface area contributed by atoms with Crippen LogP contribution in [0, 0.1) is 0 Å². The molecule has 0 spiro atoms. The highest BCUT2D eigenvalue weighted by Gasteiger charge is 2.43. The number of carbonyl (C=O) groups is 3. The lowest BCUT2D eigenvalue weighted by Gasteiger charge is -2.30. The van der Waals surface area contributed by atoms with Crippen molar-refractivity contribution in [2.45, 2.75) is 51.0 Å². The van der Waals surface area contributed by atoms with E-state index in [1.165, 1.54) is 4.90 Å². The van der Waals surface area contributed by atoms with Gasteiger partial charge in [0.1, 0.15) is 11.1 Å². The number of urea groups is 1. The number of benzene rings is 1. The first kappa shape index (κ1) is 19.4. The van der Waals surface area contributed by atoms with Crippen molar-refractivity contribution in [2.75, 3.05) is 19.6 Å². The number of oxazole rings is 1. The van der Waals surface area contributed by atoms with E-state index in [1.54, 1.807) is 13.8 Å². The summed E-state index contributed by atoms with van der Waals surface area (Å²) in [5.74, 6) is 0.792. The molecule has 8 nitrogen and oxygen atoms in total. The summed E-state index contributed by atoms with van der Waals surface area (Å²) in [5.41, 5.74) is 0.794. The second-order valence-corrected chi connectivity index (χ2v) is 8.29.